The van der Waals surface area contributed by atoms with Gasteiger partial charge < -0.3 is 39.3 Å². The summed E-state index contributed by atoms with van der Waals surface area (Å²) in [5.74, 6) is -2.66. The van der Waals surface area contributed by atoms with Crippen LogP contribution >= 0.6 is 11.8 Å². The Morgan fingerprint density at radius 3 is 2.00 bits per heavy atom. The van der Waals surface area contributed by atoms with E-state index in [-0.39, 0.29) is 55.6 Å². The molecule has 0 aromatic heterocycles. The third kappa shape index (κ3) is 8.49. The number of thioether (sulfide) groups is 1. The van der Waals surface area contributed by atoms with Crippen molar-refractivity contribution in [1.82, 2.24) is 19.6 Å². The van der Waals surface area contributed by atoms with E-state index in [1.165, 1.54) is 77.0 Å². The number of nitro benzene ring substituents is 2. The number of nitro groups is 2. The number of likely N-dealkylation sites (tertiary alicyclic amines) is 1. The normalized spacial score (nSPS) is 24.7. The van der Waals surface area contributed by atoms with Crippen LogP contribution in [0.2, 0.25) is 0 Å². The molecule has 6 rings (SSSR count). The number of non-ortho nitro benzene ring substituents is 2. The highest BCUT2D eigenvalue weighted by atomic mass is 32.2. The quantitative estimate of drug-likeness (QED) is 0.129. The Kier molecular flexibility index (Phi) is 12.3. The molecule has 18 nitrogen and oxygen atoms in total. The van der Waals surface area contributed by atoms with Gasteiger partial charge in [0.1, 0.15) is 18.9 Å². The number of esters is 1. The van der Waals surface area contributed by atoms with Crippen LogP contribution in [0.3, 0.4) is 0 Å². The molecule has 1 unspecified atom stereocenters. The molecule has 2 aromatic rings. The fourth-order valence-electron chi connectivity index (χ4n) is 7.71. The molecule has 300 valence electrons. The molecule has 4 aliphatic rings. The first-order valence-electron chi connectivity index (χ1n) is 18.3. The van der Waals surface area contributed by atoms with Crippen molar-refractivity contribution in [3.05, 3.63) is 90.5 Å². The number of amides is 3. The Hall–Kier alpha value is -5.11. The minimum Gasteiger partial charge on any atom is -0.456 e. The second kappa shape index (κ2) is 16.9. The molecule has 0 radical (unpaired) electrons. The van der Waals surface area contributed by atoms with Crippen molar-refractivity contribution in [3.63, 3.8) is 0 Å². The van der Waals surface area contributed by atoms with Crippen molar-refractivity contribution in [1.29, 1.82) is 0 Å². The highest BCUT2D eigenvalue weighted by molar-refractivity contribution is 8.03. The molecule has 3 amide bonds. The smallest absolute Gasteiger partial charge is 0.410 e. The van der Waals surface area contributed by atoms with Gasteiger partial charge in [-0.25, -0.2) is 9.59 Å². The van der Waals surface area contributed by atoms with E-state index in [4.69, 9.17) is 9.47 Å². The summed E-state index contributed by atoms with van der Waals surface area (Å²) in [6.45, 7) is 5.35. The largest absolute Gasteiger partial charge is 0.456 e. The van der Waals surface area contributed by atoms with Gasteiger partial charge in [-0.05, 0) is 55.8 Å². The van der Waals surface area contributed by atoms with Crippen LogP contribution in [0.4, 0.5) is 16.2 Å². The number of aliphatic hydroxyl groups is 2. The van der Waals surface area contributed by atoms with E-state index in [1.54, 1.807) is 4.90 Å². The van der Waals surface area contributed by atoms with Gasteiger partial charge in [0.2, 0.25) is 11.8 Å². The first-order valence-corrected chi connectivity index (χ1v) is 19.2. The van der Waals surface area contributed by atoms with Crippen molar-refractivity contribution in [2.45, 2.75) is 69.4 Å². The second-order valence-electron chi connectivity index (χ2n) is 14.6. The first kappa shape index (κ1) is 40.6. The maximum Gasteiger partial charge on any atom is 0.410 e. The van der Waals surface area contributed by atoms with E-state index in [9.17, 15) is 49.6 Å². The second-order valence-corrected chi connectivity index (χ2v) is 15.9. The van der Waals surface area contributed by atoms with Crippen molar-refractivity contribution < 1.29 is 48.7 Å². The first-order chi connectivity index (χ1) is 26.6. The van der Waals surface area contributed by atoms with Crippen LogP contribution in [-0.4, -0.2) is 133 Å². The lowest BCUT2D eigenvalue weighted by Gasteiger charge is -2.46. The molecule has 56 heavy (non-hydrogen) atoms. The third-order valence-corrected chi connectivity index (χ3v) is 12.3. The molecule has 0 bridgehead atoms. The molecular formula is C37H44N6O12S. The molecule has 4 aliphatic heterocycles. The van der Waals surface area contributed by atoms with Gasteiger partial charge in [-0.15, -0.1) is 11.8 Å². The van der Waals surface area contributed by atoms with Crippen LogP contribution in [0.5, 0.6) is 0 Å². The summed E-state index contributed by atoms with van der Waals surface area (Å²) in [5, 5.41) is 43.7. The van der Waals surface area contributed by atoms with E-state index in [1.807, 2.05) is 14.0 Å². The topological polar surface area (TPSA) is 226 Å². The molecule has 4 heterocycles. The predicted molar refractivity (Wildman–Crippen MR) is 199 cm³/mol. The number of β-lactam (4-membered cyclic amide) rings is 1. The fraction of sp³-hybridized carbons (Fsp3) is 0.514. The summed E-state index contributed by atoms with van der Waals surface area (Å²) in [7, 11) is 1.96. The zero-order valence-electron chi connectivity index (χ0n) is 31.1. The van der Waals surface area contributed by atoms with Crippen LogP contribution in [-0.2, 0) is 37.1 Å². The molecule has 2 aromatic carbocycles. The number of rotatable bonds is 13. The van der Waals surface area contributed by atoms with Crippen LogP contribution in [0, 0.1) is 32.1 Å². The molecule has 0 spiro atoms. The number of hydrogen-bond acceptors (Lipinski definition) is 14. The van der Waals surface area contributed by atoms with Gasteiger partial charge in [0, 0.05) is 73.1 Å². The van der Waals surface area contributed by atoms with Crippen LogP contribution < -0.4 is 0 Å². The lowest BCUT2D eigenvalue weighted by atomic mass is 9.79. The number of fused-ring (bicyclic) bond motifs is 1. The van der Waals surface area contributed by atoms with E-state index >= 15 is 0 Å². The summed E-state index contributed by atoms with van der Waals surface area (Å²) < 4.78 is 11.2. The molecule has 19 heteroatoms. The highest BCUT2D eigenvalue weighted by Crippen LogP contribution is 2.52. The predicted octanol–water partition coefficient (Wildman–Crippen LogP) is 2.65. The van der Waals surface area contributed by atoms with Crippen LogP contribution in [0.15, 0.2) is 59.1 Å². The average molecular weight is 797 g/mol. The van der Waals surface area contributed by atoms with Gasteiger partial charge >= 0.3 is 12.1 Å². The molecule has 7 atom stereocenters. The van der Waals surface area contributed by atoms with Crippen molar-refractivity contribution in [2.75, 3.05) is 39.8 Å². The lowest BCUT2D eigenvalue weighted by molar-refractivity contribution is -0.385. The standard InChI is InChI=1S/C37H44N6O12S/c1-21-32-31(22(2)44)35(47)41(32)33(36(48)54-19-23-4-8-25(9-5-23)42(50)51)34(21)56-27-16-28(29(45)17-30(46)39-14-12-38(3)13-15-39)40(18-27)37(49)55-20-24-6-10-26(11-7-24)43(52)53/h4-11,21-22,27-29,31-32,44-45H,12-20H2,1-3H3/t21-,22-,27+,28+,29?,31-,32-/m1/s1. The Labute approximate surface area is 326 Å². The number of piperazine rings is 1. The number of hydrogen-bond donors (Lipinski definition) is 2. The third-order valence-electron chi connectivity index (χ3n) is 10.8. The number of aliphatic hydroxyl groups excluding tert-OH is 2. The highest BCUT2D eigenvalue weighted by Gasteiger charge is 2.60. The molecule has 3 saturated heterocycles. The minimum absolute atomic E-state index is 0.0119. The maximum absolute atomic E-state index is 13.8. The Bertz CT molecular complexity index is 1880. The average Bonchev–Trinajstić information content (AvgIpc) is 3.70. The van der Waals surface area contributed by atoms with Crippen LogP contribution in [0.25, 0.3) is 0 Å². The SMILES string of the molecule is C[C@@H](O)[C@H]1C(=O)N2C(C(=O)OCc3ccc([N+](=O)[O-])cc3)=C(S[C@H]3C[C@@H](C(O)CC(=O)N4CCN(C)CC4)N(C(=O)OCc4ccc([N+](=O)[O-])cc4)C3)[C@H](C)[C@H]12. The van der Waals surface area contributed by atoms with E-state index < -0.39 is 69.2 Å². The van der Waals surface area contributed by atoms with Gasteiger partial charge in [-0.2, -0.15) is 0 Å². The zero-order valence-corrected chi connectivity index (χ0v) is 31.9. The van der Waals surface area contributed by atoms with Gasteiger partial charge in [0.05, 0.1) is 46.5 Å². The zero-order chi connectivity index (χ0) is 40.4. The fourth-order valence-corrected chi connectivity index (χ4v) is 9.24. The molecule has 3 fully saturated rings. The van der Waals surface area contributed by atoms with Crippen LogP contribution in [0.1, 0.15) is 37.8 Å². The number of nitrogens with zero attached hydrogens (tertiary/aromatic N) is 6. The van der Waals surface area contributed by atoms with Crippen molar-refractivity contribution in [2.24, 2.45) is 11.8 Å². The minimum atomic E-state index is -1.26. The summed E-state index contributed by atoms with van der Waals surface area (Å²) in [6, 6.07) is 9.64. The number of ether oxygens (including phenoxy) is 2. The number of benzene rings is 2. The molecule has 0 saturated carbocycles. The Morgan fingerprint density at radius 2 is 1.46 bits per heavy atom. The lowest BCUT2D eigenvalue weighted by Crippen LogP contribution is -2.63. The van der Waals surface area contributed by atoms with Gasteiger partial charge in [-0.1, -0.05) is 6.92 Å². The van der Waals surface area contributed by atoms with Crippen molar-refractivity contribution in [3.8, 4) is 0 Å². The molecule has 0 aliphatic carbocycles. The van der Waals surface area contributed by atoms with Gasteiger partial charge in [0.25, 0.3) is 11.4 Å². The Morgan fingerprint density at radius 1 is 0.911 bits per heavy atom. The number of likely N-dealkylation sites (N-methyl/N-ethyl adjacent to an activating group) is 1. The van der Waals surface area contributed by atoms with E-state index in [0.29, 0.717) is 42.2 Å². The van der Waals surface area contributed by atoms with Gasteiger partial charge in [-0.3, -0.25) is 29.8 Å². The molecule has 2 N–H and O–H groups in total. The summed E-state index contributed by atoms with van der Waals surface area (Å²) in [4.78, 5) is 82.1. The maximum atomic E-state index is 13.8. The number of carbonyl (C=O) groups is 4. The summed E-state index contributed by atoms with van der Waals surface area (Å²) in [5.41, 5.74) is 0.749. The van der Waals surface area contributed by atoms with E-state index in [2.05, 4.69) is 4.90 Å². The van der Waals surface area contributed by atoms with Crippen molar-refractivity contribution >= 4 is 47.0 Å². The monoisotopic (exact) mass is 796 g/mol. The summed E-state index contributed by atoms with van der Waals surface area (Å²) in [6.07, 6.45) is -3.06. The van der Waals surface area contributed by atoms with Gasteiger partial charge in [0.15, 0.2) is 0 Å². The molecular weight excluding hydrogens is 753 g/mol. The summed E-state index contributed by atoms with van der Waals surface area (Å²) >= 11 is 1.26. The Balaban J connectivity index is 1.22. The number of carbonyl (C=O) groups excluding carboxylic acids is 4. The van der Waals surface area contributed by atoms with E-state index in [0.717, 1.165) is 0 Å².